The minimum Gasteiger partial charge on any atom is -0.454 e. The van der Waals surface area contributed by atoms with Crippen LogP contribution < -0.4 is 13.8 Å². The Hall–Kier alpha value is -2.84. The van der Waals surface area contributed by atoms with Gasteiger partial charge in [0.1, 0.15) is 16.5 Å². The summed E-state index contributed by atoms with van der Waals surface area (Å²) in [5.41, 5.74) is 0.589. The SMILES string of the molecule is O=S(=O)(c1cc(Cl)ccc1F)N(Cc1cccc(F)c1)c1ccc2c(c1)OCO2. The second kappa shape index (κ2) is 7.53. The third kappa shape index (κ3) is 3.86. The summed E-state index contributed by atoms with van der Waals surface area (Å²) in [5, 5.41) is 0.0707. The van der Waals surface area contributed by atoms with E-state index in [1.54, 1.807) is 12.1 Å². The van der Waals surface area contributed by atoms with Crippen molar-refractivity contribution >= 4 is 27.3 Å². The zero-order valence-electron chi connectivity index (χ0n) is 14.8. The molecule has 9 heteroatoms. The highest BCUT2D eigenvalue weighted by atomic mass is 35.5. The lowest BCUT2D eigenvalue weighted by molar-refractivity contribution is 0.174. The van der Waals surface area contributed by atoms with Gasteiger partial charge in [-0.15, -0.1) is 0 Å². The zero-order chi connectivity index (χ0) is 20.6. The lowest BCUT2D eigenvalue weighted by atomic mass is 10.2. The Morgan fingerprint density at radius 1 is 0.966 bits per heavy atom. The molecular weight excluding hydrogens is 424 g/mol. The molecule has 3 aromatic rings. The molecule has 1 aliphatic heterocycles. The summed E-state index contributed by atoms with van der Waals surface area (Å²) in [5.74, 6) is -0.641. The molecule has 0 spiro atoms. The van der Waals surface area contributed by atoms with Gasteiger partial charge in [0, 0.05) is 11.1 Å². The number of halogens is 3. The van der Waals surface area contributed by atoms with Crippen molar-refractivity contribution in [1.82, 2.24) is 0 Å². The van der Waals surface area contributed by atoms with Crippen LogP contribution in [0.4, 0.5) is 14.5 Å². The van der Waals surface area contributed by atoms with Crippen molar-refractivity contribution < 1.29 is 26.7 Å². The molecule has 1 heterocycles. The van der Waals surface area contributed by atoms with E-state index in [0.29, 0.717) is 17.1 Å². The number of rotatable bonds is 5. The molecule has 0 N–H and O–H groups in total. The standard InChI is InChI=1S/C20H14ClF2NO4S/c21-14-4-6-17(23)20(9-14)29(25,26)24(11-13-2-1-3-15(22)8-13)16-5-7-18-19(10-16)28-12-27-18/h1-10H,11-12H2. The molecule has 0 atom stereocenters. The molecule has 5 nitrogen and oxygen atoms in total. The molecule has 0 fully saturated rings. The van der Waals surface area contributed by atoms with Gasteiger partial charge in [0.05, 0.1) is 12.2 Å². The van der Waals surface area contributed by atoms with Gasteiger partial charge in [0.15, 0.2) is 11.5 Å². The van der Waals surface area contributed by atoms with Crippen LogP contribution in [0.15, 0.2) is 65.6 Å². The van der Waals surface area contributed by atoms with Crippen LogP contribution in [0.1, 0.15) is 5.56 Å². The van der Waals surface area contributed by atoms with E-state index >= 15 is 0 Å². The zero-order valence-corrected chi connectivity index (χ0v) is 16.4. The van der Waals surface area contributed by atoms with Gasteiger partial charge in [-0.2, -0.15) is 0 Å². The van der Waals surface area contributed by atoms with Gasteiger partial charge in [-0.25, -0.2) is 17.2 Å². The van der Waals surface area contributed by atoms with Crippen LogP contribution in [0, 0.1) is 11.6 Å². The molecule has 0 saturated heterocycles. The molecule has 0 aliphatic carbocycles. The Kier molecular flexibility index (Phi) is 5.06. The van der Waals surface area contributed by atoms with Crippen LogP contribution in [0.2, 0.25) is 5.02 Å². The number of anilines is 1. The summed E-state index contributed by atoms with van der Waals surface area (Å²) < 4.78 is 66.3. The van der Waals surface area contributed by atoms with Gasteiger partial charge in [-0.3, -0.25) is 4.31 Å². The molecule has 0 bridgehead atoms. The van der Waals surface area contributed by atoms with Crippen molar-refractivity contribution in [3.63, 3.8) is 0 Å². The molecule has 0 aromatic heterocycles. The molecule has 0 amide bonds. The predicted octanol–water partition coefficient (Wildman–Crippen LogP) is 4.74. The molecule has 4 rings (SSSR count). The van der Waals surface area contributed by atoms with Crippen molar-refractivity contribution in [2.24, 2.45) is 0 Å². The van der Waals surface area contributed by atoms with Gasteiger partial charge in [-0.1, -0.05) is 23.7 Å². The second-order valence-corrected chi connectivity index (χ2v) is 8.52. The first kappa shape index (κ1) is 19.5. The Balaban J connectivity index is 1.84. The highest BCUT2D eigenvalue weighted by molar-refractivity contribution is 7.92. The van der Waals surface area contributed by atoms with E-state index in [2.05, 4.69) is 0 Å². The predicted molar refractivity (Wildman–Crippen MR) is 104 cm³/mol. The van der Waals surface area contributed by atoms with E-state index in [4.69, 9.17) is 21.1 Å². The maximum absolute atomic E-state index is 14.4. The summed E-state index contributed by atoms with van der Waals surface area (Å²) in [6, 6.07) is 13.3. The van der Waals surface area contributed by atoms with Gasteiger partial charge < -0.3 is 9.47 Å². The fraction of sp³-hybridized carbons (Fsp3) is 0.100. The van der Waals surface area contributed by atoms with Gasteiger partial charge >= 0.3 is 0 Å². The summed E-state index contributed by atoms with van der Waals surface area (Å²) in [6.45, 7) is -0.218. The van der Waals surface area contributed by atoms with Crippen molar-refractivity contribution in [2.45, 2.75) is 11.4 Å². The molecule has 3 aromatic carbocycles. The van der Waals surface area contributed by atoms with Crippen LogP contribution in [0.5, 0.6) is 11.5 Å². The van der Waals surface area contributed by atoms with E-state index in [1.165, 1.54) is 36.4 Å². The smallest absolute Gasteiger partial charge is 0.267 e. The maximum Gasteiger partial charge on any atom is 0.267 e. The minimum atomic E-state index is -4.38. The maximum atomic E-state index is 14.4. The number of hydrogen-bond acceptors (Lipinski definition) is 4. The van der Waals surface area contributed by atoms with Gasteiger partial charge in [-0.05, 0) is 48.0 Å². The highest BCUT2D eigenvalue weighted by Gasteiger charge is 2.30. The summed E-state index contributed by atoms with van der Waals surface area (Å²) >= 11 is 5.90. The molecule has 0 unspecified atom stereocenters. The molecule has 29 heavy (non-hydrogen) atoms. The van der Waals surface area contributed by atoms with Crippen LogP contribution in [0.25, 0.3) is 0 Å². The third-order valence-electron chi connectivity index (χ3n) is 4.32. The van der Waals surface area contributed by atoms with Crippen LogP contribution in [-0.4, -0.2) is 15.2 Å². The van der Waals surface area contributed by atoms with Crippen molar-refractivity contribution in [1.29, 1.82) is 0 Å². The molecule has 150 valence electrons. The first-order valence-corrected chi connectivity index (χ1v) is 10.3. The Labute approximate surface area is 171 Å². The number of benzene rings is 3. The topological polar surface area (TPSA) is 55.8 Å². The van der Waals surface area contributed by atoms with Gasteiger partial charge in [0.2, 0.25) is 6.79 Å². The number of hydrogen-bond donors (Lipinski definition) is 0. The number of fused-ring (bicyclic) bond motifs is 1. The van der Waals surface area contributed by atoms with E-state index < -0.39 is 26.6 Å². The Bertz CT molecular complexity index is 1190. The fourth-order valence-electron chi connectivity index (χ4n) is 2.95. The lowest BCUT2D eigenvalue weighted by Crippen LogP contribution is -2.31. The number of ether oxygens (including phenoxy) is 2. The first-order valence-electron chi connectivity index (χ1n) is 8.46. The molecular formula is C20H14ClF2NO4S. The lowest BCUT2D eigenvalue weighted by Gasteiger charge is -2.25. The van der Waals surface area contributed by atoms with E-state index in [0.717, 1.165) is 16.4 Å². The third-order valence-corrected chi connectivity index (χ3v) is 6.34. The normalized spacial score (nSPS) is 12.8. The average molecular weight is 438 g/mol. The van der Waals surface area contributed by atoms with Crippen molar-refractivity contribution in [3.05, 3.63) is 82.9 Å². The first-order chi connectivity index (χ1) is 13.8. The molecule has 0 saturated carbocycles. The van der Waals surface area contributed by atoms with Crippen LogP contribution >= 0.6 is 11.6 Å². The summed E-state index contributed by atoms with van der Waals surface area (Å²) in [4.78, 5) is -0.584. The number of nitrogens with zero attached hydrogens (tertiary/aromatic N) is 1. The monoisotopic (exact) mass is 437 g/mol. The highest BCUT2D eigenvalue weighted by Crippen LogP contribution is 2.38. The van der Waals surface area contributed by atoms with E-state index in [-0.39, 0.29) is 24.0 Å². The van der Waals surface area contributed by atoms with Crippen molar-refractivity contribution in [2.75, 3.05) is 11.1 Å². The second-order valence-electron chi connectivity index (χ2n) is 6.25. The minimum absolute atomic E-state index is 0.0123. The van der Waals surface area contributed by atoms with Crippen molar-refractivity contribution in [3.8, 4) is 11.5 Å². The largest absolute Gasteiger partial charge is 0.454 e. The average Bonchev–Trinajstić information content (AvgIpc) is 3.15. The number of sulfonamides is 1. The van der Waals surface area contributed by atoms with E-state index in [1.807, 2.05) is 0 Å². The van der Waals surface area contributed by atoms with Crippen LogP contribution in [0.3, 0.4) is 0 Å². The van der Waals surface area contributed by atoms with Crippen LogP contribution in [-0.2, 0) is 16.6 Å². The summed E-state index contributed by atoms with van der Waals surface area (Å²) in [6.07, 6.45) is 0. The molecule has 1 aliphatic rings. The van der Waals surface area contributed by atoms with E-state index in [9.17, 15) is 17.2 Å². The molecule has 0 radical (unpaired) electrons. The summed E-state index contributed by atoms with van der Waals surface area (Å²) in [7, 11) is -4.38. The van der Waals surface area contributed by atoms with Gasteiger partial charge in [0.25, 0.3) is 10.0 Å². The Morgan fingerprint density at radius 3 is 2.55 bits per heavy atom. The Morgan fingerprint density at radius 2 is 1.76 bits per heavy atom. The quantitative estimate of drug-likeness (QED) is 0.578. The fourth-order valence-corrected chi connectivity index (χ4v) is 4.72.